The maximum Gasteiger partial charge on any atom is 0.424 e. The van der Waals surface area contributed by atoms with Crippen LogP contribution in [0.25, 0.3) is 11.0 Å². The van der Waals surface area contributed by atoms with Gasteiger partial charge in [-0.2, -0.15) is 4.90 Å². The Morgan fingerprint density at radius 3 is 2.52 bits per heavy atom. The fraction of sp³-hybridized carbons (Fsp3) is 0.263. The number of amides is 2. The summed E-state index contributed by atoms with van der Waals surface area (Å²) < 4.78 is 16.0. The molecule has 6 heteroatoms. The first-order valence-electron chi connectivity index (χ1n) is 7.90. The summed E-state index contributed by atoms with van der Waals surface area (Å²) in [5.41, 5.74) is 0.651. The third-order valence-corrected chi connectivity index (χ3v) is 3.45. The van der Waals surface area contributed by atoms with Gasteiger partial charge in [-0.25, -0.2) is 4.79 Å². The van der Waals surface area contributed by atoms with Crippen LogP contribution in [0.1, 0.15) is 26.3 Å². The minimum Gasteiger partial charge on any atom is -0.464 e. The Bertz CT molecular complexity index is 886. The van der Waals surface area contributed by atoms with E-state index in [2.05, 4.69) is 0 Å². The number of ether oxygens (including phenoxy) is 1. The maximum absolute atomic E-state index is 12.8. The predicted molar refractivity (Wildman–Crippen MR) is 92.3 cm³/mol. The second-order valence-corrected chi connectivity index (χ2v) is 6.59. The van der Waals surface area contributed by atoms with Crippen LogP contribution in [0.2, 0.25) is 0 Å². The summed E-state index contributed by atoms with van der Waals surface area (Å²) in [5.74, 6) is -0.345. The van der Waals surface area contributed by atoms with Gasteiger partial charge in [0.05, 0.1) is 18.9 Å². The Morgan fingerprint density at radius 1 is 1.08 bits per heavy atom. The van der Waals surface area contributed by atoms with E-state index in [1.807, 2.05) is 24.3 Å². The van der Waals surface area contributed by atoms with Crippen LogP contribution in [0.4, 0.5) is 10.7 Å². The Labute approximate surface area is 145 Å². The van der Waals surface area contributed by atoms with Gasteiger partial charge in [0, 0.05) is 17.0 Å². The van der Waals surface area contributed by atoms with Crippen molar-refractivity contribution in [3.05, 3.63) is 54.5 Å². The predicted octanol–water partition coefficient (Wildman–Crippen LogP) is 4.54. The fourth-order valence-electron chi connectivity index (χ4n) is 2.43. The molecule has 2 amide bonds. The van der Waals surface area contributed by atoms with Crippen LogP contribution in [-0.4, -0.2) is 17.6 Å². The Kier molecular flexibility index (Phi) is 4.35. The number of carbonyl (C=O) groups excluding carboxylic acids is 2. The number of anilines is 1. The van der Waals surface area contributed by atoms with E-state index in [1.165, 1.54) is 18.6 Å². The molecule has 0 aliphatic rings. The standard InChI is InChI=1S/C19H19NO5/c1-19(2,3)25-18(22)20(17-9-6-10-23-17)16(21)11-13-12-24-15-8-5-4-7-14(13)15/h4-10,12H,11H2,1-3H3. The van der Waals surface area contributed by atoms with E-state index in [1.54, 1.807) is 26.8 Å². The molecule has 130 valence electrons. The molecule has 0 saturated heterocycles. The van der Waals surface area contributed by atoms with Crippen molar-refractivity contribution >= 4 is 28.9 Å². The van der Waals surface area contributed by atoms with Crippen LogP contribution in [0.5, 0.6) is 0 Å². The molecule has 0 radical (unpaired) electrons. The zero-order valence-electron chi connectivity index (χ0n) is 14.3. The molecule has 0 N–H and O–H groups in total. The van der Waals surface area contributed by atoms with Crippen molar-refractivity contribution in [3.8, 4) is 0 Å². The first-order chi connectivity index (χ1) is 11.8. The molecule has 0 atom stereocenters. The lowest BCUT2D eigenvalue weighted by Gasteiger charge is -2.24. The van der Waals surface area contributed by atoms with Gasteiger partial charge >= 0.3 is 6.09 Å². The van der Waals surface area contributed by atoms with Crippen molar-refractivity contribution in [3.63, 3.8) is 0 Å². The van der Waals surface area contributed by atoms with Gasteiger partial charge in [0.15, 0.2) is 0 Å². The van der Waals surface area contributed by atoms with Crippen molar-refractivity contribution in [2.24, 2.45) is 0 Å². The van der Waals surface area contributed by atoms with E-state index in [0.717, 1.165) is 10.3 Å². The van der Waals surface area contributed by atoms with E-state index in [9.17, 15) is 9.59 Å². The molecule has 25 heavy (non-hydrogen) atoms. The smallest absolute Gasteiger partial charge is 0.424 e. The van der Waals surface area contributed by atoms with E-state index in [-0.39, 0.29) is 12.3 Å². The largest absolute Gasteiger partial charge is 0.464 e. The highest BCUT2D eigenvalue weighted by Crippen LogP contribution is 2.24. The fourth-order valence-corrected chi connectivity index (χ4v) is 2.43. The van der Waals surface area contributed by atoms with Gasteiger partial charge in [-0.3, -0.25) is 4.79 Å². The molecule has 0 spiro atoms. The minimum atomic E-state index is -0.778. The van der Waals surface area contributed by atoms with Crippen molar-refractivity contribution in [1.82, 2.24) is 0 Å². The van der Waals surface area contributed by atoms with Crippen LogP contribution in [-0.2, 0) is 16.0 Å². The number of benzene rings is 1. The summed E-state index contributed by atoms with van der Waals surface area (Å²) in [6.07, 6.45) is 2.13. The molecule has 3 rings (SSSR count). The highest BCUT2D eigenvalue weighted by Gasteiger charge is 2.31. The van der Waals surface area contributed by atoms with Gasteiger partial charge in [-0.05, 0) is 32.9 Å². The molecular formula is C19H19NO5. The van der Waals surface area contributed by atoms with Gasteiger partial charge in [-0.15, -0.1) is 0 Å². The minimum absolute atomic E-state index is 0.0169. The summed E-state index contributed by atoms with van der Waals surface area (Å²) in [4.78, 5) is 26.2. The summed E-state index contributed by atoms with van der Waals surface area (Å²) in [6.45, 7) is 5.21. The summed E-state index contributed by atoms with van der Waals surface area (Å²) in [5, 5.41) is 0.833. The van der Waals surface area contributed by atoms with Crippen molar-refractivity contribution in [2.75, 3.05) is 4.90 Å². The lowest BCUT2D eigenvalue weighted by atomic mass is 10.1. The molecule has 1 aromatic carbocycles. The van der Waals surface area contributed by atoms with Crippen LogP contribution in [0.15, 0.2) is 57.8 Å². The lowest BCUT2D eigenvalue weighted by Crippen LogP contribution is -2.41. The van der Waals surface area contributed by atoms with Gasteiger partial charge in [0.2, 0.25) is 11.8 Å². The Balaban J connectivity index is 1.88. The monoisotopic (exact) mass is 341 g/mol. The maximum atomic E-state index is 12.8. The molecule has 3 aromatic rings. The lowest BCUT2D eigenvalue weighted by molar-refractivity contribution is -0.117. The SMILES string of the molecule is CC(C)(C)OC(=O)N(C(=O)Cc1coc2ccccc12)c1ccco1. The second kappa shape index (κ2) is 6.47. The number of nitrogens with zero attached hydrogens (tertiary/aromatic N) is 1. The molecule has 2 aromatic heterocycles. The quantitative estimate of drug-likeness (QED) is 0.699. The topological polar surface area (TPSA) is 72.9 Å². The molecule has 0 aliphatic heterocycles. The summed E-state index contributed by atoms with van der Waals surface area (Å²) in [6, 6.07) is 10.5. The van der Waals surface area contributed by atoms with Gasteiger partial charge in [-0.1, -0.05) is 18.2 Å². The molecule has 2 heterocycles. The van der Waals surface area contributed by atoms with E-state index >= 15 is 0 Å². The zero-order chi connectivity index (χ0) is 18.0. The second-order valence-electron chi connectivity index (χ2n) is 6.59. The van der Waals surface area contributed by atoms with Gasteiger partial charge < -0.3 is 13.6 Å². The molecule has 0 fully saturated rings. The number of hydrogen-bond acceptors (Lipinski definition) is 5. The molecule has 0 unspecified atom stereocenters. The third-order valence-electron chi connectivity index (χ3n) is 3.45. The van der Waals surface area contributed by atoms with Gasteiger partial charge in [0.1, 0.15) is 11.2 Å². The Morgan fingerprint density at radius 2 is 1.84 bits per heavy atom. The summed E-state index contributed by atoms with van der Waals surface area (Å²) in [7, 11) is 0. The third kappa shape index (κ3) is 3.74. The number of para-hydroxylation sites is 1. The highest BCUT2D eigenvalue weighted by molar-refractivity contribution is 6.12. The summed E-state index contributed by atoms with van der Waals surface area (Å²) >= 11 is 0. The number of furan rings is 2. The van der Waals surface area contributed by atoms with Gasteiger partial charge in [0.25, 0.3) is 0 Å². The molecular weight excluding hydrogens is 322 g/mol. The van der Waals surface area contributed by atoms with Crippen LogP contribution in [0, 0.1) is 0 Å². The normalized spacial score (nSPS) is 11.5. The number of fused-ring (bicyclic) bond motifs is 1. The zero-order valence-corrected chi connectivity index (χ0v) is 14.3. The molecule has 0 bridgehead atoms. The van der Waals surface area contributed by atoms with E-state index in [4.69, 9.17) is 13.6 Å². The number of hydrogen-bond donors (Lipinski definition) is 0. The first-order valence-corrected chi connectivity index (χ1v) is 7.90. The van der Waals surface area contributed by atoms with Crippen molar-refractivity contribution in [2.45, 2.75) is 32.8 Å². The molecule has 0 saturated carbocycles. The molecule has 0 aliphatic carbocycles. The average Bonchev–Trinajstić information content (AvgIpc) is 3.16. The Hall–Kier alpha value is -3.02. The first kappa shape index (κ1) is 16.8. The average molecular weight is 341 g/mol. The highest BCUT2D eigenvalue weighted by atomic mass is 16.6. The number of rotatable bonds is 3. The van der Waals surface area contributed by atoms with E-state index in [0.29, 0.717) is 11.1 Å². The van der Waals surface area contributed by atoms with Crippen LogP contribution >= 0.6 is 0 Å². The van der Waals surface area contributed by atoms with E-state index < -0.39 is 17.6 Å². The number of imide groups is 1. The van der Waals surface area contributed by atoms with Crippen molar-refractivity contribution < 1.29 is 23.2 Å². The molecule has 6 nitrogen and oxygen atoms in total. The van der Waals surface area contributed by atoms with Crippen LogP contribution < -0.4 is 4.90 Å². The van der Waals surface area contributed by atoms with Crippen LogP contribution in [0.3, 0.4) is 0 Å². The van der Waals surface area contributed by atoms with Crippen molar-refractivity contribution in [1.29, 1.82) is 0 Å². The number of carbonyl (C=O) groups is 2.